The van der Waals surface area contributed by atoms with Gasteiger partial charge in [0, 0.05) is 18.7 Å². The van der Waals surface area contributed by atoms with Crippen molar-refractivity contribution in [2.45, 2.75) is 51.7 Å². The first-order valence-electron chi connectivity index (χ1n) is 10.5. The Labute approximate surface area is 189 Å². The van der Waals surface area contributed by atoms with E-state index in [1.54, 1.807) is 0 Å². The van der Waals surface area contributed by atoms with E-state index >= 15 is 0 Å². The molecule has 1 heterocycles. The van der Waals surface area contributed by atoms with Crippen LogP contribution in [0.25, 0.3) is 0 Å². The molecule has 1 aliphatic heterocycles. The molecule has 2 aromatic rings. The molecule has 0 aromatic heterocycles. The quantitative estimate of drug-likeness (QED) is 0.486. The fourth-order valence-electron chi connectivity index (χ4n) is 4.15. The van der Waals surface area contributed by atoms with E-state index in [9.17, 15) is 18.0 Å². The molecule has 0 N–H and O–H groups in total. The molecule has 172 valence electrons. The monoisotopic (exact) mass is 459 g/mol. The molecule has 8 heteroatoms. The zero-order valence-electron chi connectivity index (χ0n) is 19.0. The molecule has 1 fully saturated rings. The number of esters is 1. The number of carbonyl (C=O) groups is 2. The summed E-state index contributed by atoms with van der Waals surface area (Å²) in [5, 5.41) is 0. The lowest BCUT2D eigenvalue weighted by atomic mass is 9.97. The van der Waals surface area contributed by atoms with Crippen LogP contribution in [0, 0.1) is 20.8 Å². The number of Topliss-reactive ketones (excluding diaryl/α,β-unsaturated/α-hetero) is 1. The standard InChI is InChI=1S/C24H29NO6S/c1-15-10-16(2)23(17(3)11-15)22(26)14-30-24(27)20-6-8-21(9-7-20)32(28,29)25-12-18(4)31-19(5)13-25/h6-11,18-19H,12-14H2,1-5H3. The number of carbonyl (C=O) groups excluding carboxylic acids is 2. The molecule has 2 aromatic carbocycles. The van der Waals surface area contributed by atoms with Crippen LogP contribution in [0.3, 0.4) is 0 Å². The van der Waals surface area contributed by atoms with E-state index in [2.05, 4.69) is 0 Å². The lowest BCUT2D eigenvalue weighted by molar-refractivity contribution is -0.0440. The minimum Gasteiger partial charge on any atom is -0.454 e. The lowest BCUT2D eigenvalue weighted by Crippen LogP contribution is -2.48. The summed E-state index contributed by atoms with van der Waals surface area (Å²) < 4.78 is 38.0. The minimum absolute atomic E-state index is 0.0948. The van der Waals surface area contributed by atoms with Crippen molar-refractivity contribution in [3.05, 3.63) is 64.2 Å². The van der Waals surface area contributed by atoms with E-state index in [1.165, 1.54) is 28.6 Å². The smallest absolute Gasteiger partial charge is 0.338 e. The number of sulfonamides is 1. The van der Waals surface area contributed by atoms with E-state index in [1.807, 2.05) is 46.8 Å². The Morgan fingerprint density at radius 1 is 1.00 bits per heavy atom. The molecule has 0 saturated carbocycles. The highest BCUT2D eigenvalue weighted by atomic mass is 32.2. The molecule has 0 bridgehead atoms. The summed E-state index contributed by atoms with van der Waals surface area (Å²) in [4.78, 5) is 25.1. The number of morpholine rings is 1. The summed E-state index contributed by atoms with van der Waals surface area (Å²) in [6.45, 7) is 9.49. The Bertz CT molecular complexity index is 1090. The molecule has 3 rings (SSSR count). The molecule has 0 aliphatic carbocycles. The van der Waals surface area contributed by atoms with Gasteiger partial charge in [0.1, 0.15) is 0 Å². The fourth-order valence-corrected chi connectivity index (χ4v) is 5.74. The highest BCUT2D eigenvalue weighted by Crippen LogP contribution is 2.22. The van der Waals surface area contributed by atoms with Gasteiger partial charge in [-0.2, -0.15) is 4.31 Å². The van der Waals surface area contributed by atoms with Crippen molar-refractivity contribution >= 4 is 21.8 Å². The maximum Gasteiger partial charge on any atom is 0.338 e. The third kappa shape index (κ3) is 5.26. The molecular formula is C24H29NO6S. The summed E-state index contributed by atoms with van der Waals surface area (Å²) >= 11 is 0. The van der Waals surface area contributed by atoms with Crippen LogP contribution in [0.1, 0.15) is 51.3 Å². The number of hydrogen-bond donors (Lipinski definition) is 0. The number of rotatable bonds is 6. The van der Waals surface area contributed by atoms with Crippen LogP contribution in [0.4, 0.5) is 0 Å². The van der Waals surface area contributed by atoms with Crippen LogP contribution in [0.5, 0.6) is 0 Å². The minimum atomic E-state index is -3.70. The molecule has 7 nitrogen and oxygen atoms in total. The number of aryl methyl sites for hydroxylation is 3. The van der Waals surface area contributed by atoms with Crippen molar-refractivity contribution < 1.29 is 27.5 Å². The Hall–Kier alpha value is -2.55. The second-order valence-corrected chi connectivity index (χ2v) is 10.3. The maximum absolute atomic E-state index is 12.9. The van der Waals surface area contributed by atoms with Crippen LogP contribution < -0.4 is 0 Å². The topological polar surface area (TPSA) is 90.0 Å². The molecule has 2 unspecified atom stereocenters. The van der Waals surface area contributed by atoms with Crippen LogP contribution in [0.2, 0.25) is 0 Å². The van der Waals surface area contributed by atoms with E-state index in [0.717, 1.165) is 16.7 Å². The van der Waals surface area contributed by atoms with Crippen molar-refractivity contribution in [3.63, 3.8) is 0 Å². The third-order valence-corrected chi connectivity index (χ3v) is 7.25. The summed E-state index contributed by atoms with van der Waals surface area (Å²) in [7, 11) is -3.70. The summed E-state index contributed by atoms with van der Waals surface area (Å²) in [5.41, 5.74) is 3.47. The van der Waals surface area contributed by atoms with E-state index in [4.69, 9.17) is 9.47 Å². The fraction of sp³-hybridized carbons (Fsp3) is 0.417. The number of ether oxygens (including phenoxy) is 2. The first-order chi connectivity index (χ1) is 15.0. The molecule has 2 atom stereocenters. The van der Waals surface area contributed by atoms with Crippen molar-refractivity contribution in [2.75, 3.05) is 19.7 Å². The normalized spacial score (nSPS) is 19.5. The van der Waals surface area contributed by atoms with Crippen LogP contribution >= 0.6 is 0 Å². The average Bonchev–Trinajstić information content (AvgIpc) is 2.70. The summed E-state index contributed by atoms with van der Waals surface area (Å²) in [6.07, 6.45) is -0.387. The first-order valence-corrected chi connectivity index (χ1v) is 12.0. The van der Waals surface area contributed by atoms with Crippen LogP contribution in [-0.4, -0.2) is 56.4 Å². The highest BCUT2D eigenvalue weighted by Gasteiger charge is 2.32. The zero-order chi connectivity index (χ0) is 23.6. The molecular weight excluding hydrogens is 430 g/mol. The average molecular weight is 460 g/mol. The Morgan fingerprint density at radius 2 is 1.53 bits per heavy atom. The van der Waals surface area contributed by atoms with Crippen molar-refractivity contribution in [2.24, 2.45) is 0 Å². The second-order valence-electron chi connectivity index (χ2n) is 8.38. The Balaban J connectivity index is 1.67. The molecule has 1 aliphatic rings. The van der Waals surface area contributed by atoms with E-state index in [0.29, 0.717) is 5.56 Å². The predicted molar refractivity (Wildman–Crippen MR) is 120 cm³/mol. The largest absolute Gasteiger partial charge is 0.454 e. The Morgan fingerprint density at radius 3 is 2.06 bits per heavy atom. The van der Waals surface area contributed by atoms with Crippen molar-refractivity contribution in [3.8, 4) is 0 Å². The van der Waals surface area contributed by atoms with Gasteiger partial charge in [-0.25, -0.2) is 13.2 Å². The van der Waals surface area contributed by atoms with Gasteiger partial charge in [0.05, 0.1) is 22.7 Å². The van der Waals surface area contributed by atoms with Gasteiger partial charge < -0.3 is 9.47 Å². The zero-order valence-corrected chi connectivity index (χ0v) is 19.9. The third-order valence-electron chi connectivity index (χ3n) is 5.40. The molecule has 0 amide bonds. The maximum atomic E-state index is 12.9. The summed E-state index contributed by atoms with van der Waals surface area (Å²) in [5.74, 6) is -0.957. The van der Waals surface area contributed by atoms with E-state index in [-0.39, 0.29) is 48.1 Å². The number of hydrogen-bond acceptors (Lipinski definition) is 6. The number of nitrogens with zero attached hydrogens (tertiary/aromatic N) is 1. The van der Waals surface area contributed by atoms with Gasteiger partial charge in [-0.3, -0.25) is 4.79 Å². The molecule has 1 saturated heterocycles. The first kappa shape index (κ1) is 24.1. The number of ketones is 1. The highest BCUT2D eigenvalue weighted by molar-refractivity contribution is 7.89. The second kappa shape index (κ2) is 9.52. The predicted octanol–water partition coefficient (Wildman–Crippen LogP) is 3.45. The van der Waals surface area contributed by atoms with Gasteiger partial charge in [-0.15, -0.1) is 0 Å². The number of benzene rings is 2. The van der Waals surface area contributed by atoms with Gasteiger partial charge in [-0.1, -0.05) is 17.7 Å². The molecule has 32 heavy (non-hydrogen) atoms. The van der Waals surface area contributed by atoms with Gasteiger partial charge in [0.15, 0.2) is 6.61 Å². The van der Waals surface area contributed by atoms with E-state index < -0.39 is 16.0 Å². The van der Waals surface area contributed by atoms with Gasteiger partial charge in [-0.05, 0) is 70.0 Å². The molecule has 0 radical (unpaired) electrons. The Kier molecular flexibility index (Phi) is 7.17. The van der Waals surface area contributed by atoms with Crippen molar-refractivity contribution in [1.82, 2.24) is 4.31 Å². The van der Waals surface area contributed by atoms with Crippen LogP contribution in [-0.2, 0) is 19.5 Å². The van der Waals surface area contributed by atoms with Gasteiger partial charge in [0.25, 0.3) is 0 Å². The van der Waals surface area contributed by atoms with Crippen LogP contribution in [0.15, 0.2) is 41.3 Å². The lowest BCUT2D eigenvalue weighted by Gasteiger charge is -2.34. The summed E-state index contributed by atoms with van der Waals surface area (Å²) in [6, 6.07) is 9.39. The van der Waals surface area contributed by atoms with Crippen molar-refractivity contribution in [1.29, 1.82) is 0 Å². The van der Waals surface area contributed by atoms with Gasteiger partial charge in [0.2, 0.25) is 15.8 Å². The van der Waals surface area contributed by atoms with Gasteiger partial charge >= 0.3 is 5.97 Å². The molecule has 0 spiro atoms. The SMILES string of the molecule is Cc1cc(C)c(C(=O)COC(=O)c2ccc(S(=O)(=O)N3CC(C)OC(C)C3)cc2)c(C)c1.